The number of ether oxygens (including phenoxy) is 1. The van der Waals surface area contributed by atoms with Crippen LogP contribution in [0.4, 0.5) is 4.39 Å². The summed E-state index contributed by atoms with van der Waals surface area (Å²) >= 11 is 11.8. The highest BCUT2D eigenvalue weighted by atomic mass is 35.5. The lowest BCUT2D eigenvalue weighted by Crippen LogP contribution is -2.30. The second-order valence-electron chi connectivity index (χ2n) is 4.55. The zero-order chi connectivity index (χ0) is 15.4. The van der Waals surface area contributed by atoms with Gasteiger partial charge in [-0.1, -0.05) is 29.3 Å². The lowest BCUT2D eigenvalue weighted by Gasteiger charge is -2.20. The van der Waals surface area contributed by atoms with E-state index < -0.39 is 0 Å². The molecule has 0 aliphatic carbocycles. The number of halogens is 3. The molecule has 0 saturated heterocycles. The second kappa shape index (κ2) is 7.09. The van der Waals surface area contributed by atoms with Crippen molar-refractivity contribution in [2.75, 3.05) is 7.11 Å². The number of rotatable bonds is 5. The summed E-state index contributed by atoms with van der Waals surface area (Å²) in [7, 11) is 1.54. The summed E-state index contributed by atoms with van der Waals surface area (Å²) in [6.07, 6.45) is 0.334. The molecule has 3 N–H and O–H groups in total. The maximum absolute atomic E-state index is 13.8. The average Bonchev–Trinajstić information content (AvgIpc) is 2.48. The Morgan fingerprint density at radius 2 is 1.86 bits per heavy atom. The molecule has 2 aromatic rings. The van der Waals surface area contributed by atoms with Crippen molar-refractivity contribution in [3.8, 4) is 5.75 Å². The highest BCUT2D eigenvalue weighted by molar-refractivity contribution is 6.31. The van der Waals surface area contributed by atoms with Gasteiger partial charge in [-0.2, -0.15) is 0 Å². The van der Waals surface area contributed by atoms with Crippen molar-refractivity contribution in [3.63, 3.8) is 0 Å². The Bertz CT molecular complexity index is 637. The first kappa shape index (κ1) is 16.0. The Kier molecular flexibility index (Phi) is 5.42. The van der Waals surface area contributed by atoms with Gasteiger partial charge >= 0.3 is 0 Å². The quantitative estimate of drug-likeness (QED) is 0.646. The fraction of sp³-hybridized carbons (Fsp3) is 0.200. The molecule has 2 aromatic carbocycles. The zero-order valence-electron chi connectivity index (χ0n) is 11.4. The highest BCUT2D eigenvalue weighted by Gasteiger charge is 2.18. The van der Waals surface area contributed by atoms with Crippen LogP contribution < -0.4 is 16.0 Å². The van der Waals surface area contributed by atoms with E-state index in [1.807, 2.05) is 0 Å². The van der Waals surface area contributed by atoms with E-state index in [0.29, 0.717) is 27.8 Å². The molecule has 21 heavy (non-hydrogen) atoms. The smallest absolute Gasteiger partial charge is 0.126 e. The number of nitrogens with one attached hydrogen (secondary N) is 1. The molecule has 112 valence electrons. The summed E-state index contributed by atoms with van der Waals surface area (Å²) in [6, 6.07) is 9.33. The molecule has 0 spiro atoms. The van der Waals surface area contributed by atoms with Gasteiger partial charge in [0.1, 0.15) is 11.6 Å². The molecule has 6 heteroatoms. The molecular formula is C15H15Cl2FN2O. The number of benzene rings is 2. The third kappa shape index (κ3) is 3.86. The molecule has 3 nitrogen and oxygen atoms in total. The summed E-state index contributed by atoms with van der Waals surface area (Å²) < 4.78 is 19.1. The van der Waals surface area contributed by atoms with Crippen molar-refractivity contribution < 1.29 is 9.13 Å². The van der Waals surface area contributed by atoms with Crippen LogP contribution in [0.1, 0.15) is 17.2 Å². The van der Waals surface area contributed by atoms with Crippen molar-refractivity contribution in [1.82, 2.24) is 5.43 Å². The summed E-state index contributed by atoms with van der Waals surface area (Å²) in [4.78, 5) is 0. The third-order valence-corrected chi connectivity index (χ3v) is 3.67. The van der Waals surface area contributed by atoms with E-state index in [4.69, 9.17) is 33.8 Å². The number of methoxy groups -OCH3 is 1. The topological polar surface area (TPSA) is 47.3 Å². The SMILES string of the molecule is COc1cc(Cl)ccc1C(Cc1cc(Cl)ccc1F)NN. The minimum atomic E-state index is -0.329. The summed E-state index contributed by atoms with van der Waals surface area (Å²) in [5.41, 5.74) is 3.94. The van der Waals surface area contributed by atoms with Crippen LogP contribution in [0.25, 0.3) is 0 Å². The number of hydrogen-bond acceptors (Lipinski definition) is 3. The number of nitrogens with two attached hydrogens (primary N) is 1. The van der Waals surface area contributed by atoms with Crippen molar-refractivity contribution in [2.45, 2.75) is 12.5 Å². The lowest BCUT2D eigenvalue weighted by molar-refractivity contribution is 0.398. The molecule has 1 unspecified atom stereocenters. The van der Waals surface area contributed by atoms with Gasteiger partial charge in [-0.3, -0.25) is 11.3 Å². The van der Waals surface area contributed by atoms with E-state index in [1.54, 1.807) is 31.4 Å². The minimum absolute atomic E-state index is 0.326. The standard InChI is InChI=1S/C15H15Cl2FN2O/c1-21-15-8-11(17)2-4-12(15)14(20-19)7-9-6-10(16)3-5-13(9)18/h2-6,8,14,20H,7,19H2,1H3. The van der Waals surface area contributed by atoms with E-state index >= 15 is 0 Å². The monoisotopic (exact) mass is 328 g/mol. The first-order chi connectivity index (χ1) is 10.0. The van der Waals surface area contributed by atoms with Crippen LogP contribution in [-0.4, -0.2) is 7.11 Å². The van der Waals surface area contributed by atoms with Crippen LogP contribution in [0.15, 0.2) is 36.4 Å². The fourth-order valence-electron chi connectivity index (χ4n) is 2.15. The predicted molar refractivity (Wildman–Crippen MR) is 83.2 cm³/mol. The Morgan fingerprint density at radius 3 is 2.52 bits per heavy atom. The fourth-order valence-corrected chi connectivity index (χ4v) is 2.51. The number of hydrazine groups is 1. The molecule has 2 rings (SSSR count). The third-order valence-electron chi connectivity index (χ3n) is 3.20. The Labute approximate surface area is 132 Å². The largest absolute Gasteiger partial charge is 0.496 e. The maximum atomic E-state index is 13.8. The van der Waals surface area contributed by atoms with Crippen molar-refractivity contribution >= 4 is 23.2 Å². The van der Waals surface area contributed by atoms with Gasteiger partial charge < -0.3 is 4.74 Å². The molecule has 0 saturated carbocycles. The van der Waals surface area contributed by atoms with Crippen LogP contribution in [-0.2, 0) is 6.42 Å². The van der Waals surface area contributed by atoms with E-state index in [2.05, 4.69) is 5.43 Å². The van der Waals surface area contributed by atoms with E-state index in [9.17, 15) is 4.39 Å². The van der Waals surface area contributed by atoms with E-state index in [-0.39, 0.29) is 11.9 Å². The second-order valence-corrected chi connectivity index (χ2v) is 5.42. The van der Waals surface area contributed by atoms with Gasteiger partial charge in [-0.05, 0) is 42.3 Å². The molecule has 0 amide bonds. The lowest BCUT2D eigenvalue weighted by atomic mass is 9.98. The Morgan fingerprint density at radius 1 is 1.19 bits per heavy atom. The van der Waals surface area contributed by atoms with Gasteiger partial charge in [-0.15, -0.1) is 0 Å². The molecule has 0 bridgehead atoms. The highest BCUT2D eigenvalue weighted by Crippen LogP contribution is 2.31. The van der Waals surface area contributed by atoms with Crippen molar-refractivity contribution in [3.05, 3.63) is 63.4 Å². The first-order valence-electron chi connectivity index (χ1n) is 6.28. The summed E-state index contributed by atoms with van der Waals surface area (Å²) in [6.45, 7) is 0. The van der Waals surface area contributed by atoms with Gasteiger partial charge in [0.25, 0.3) is 0 Å². The summed E-state index contributed by atoms with van der Waals surface area (Å²) in [5.74, 6) is 5.87. The van der Waals surface area contributed by atoms with Crippen LogP contribution in [0, 0.1) is 5.82 Å². The molecule has 0 heterocycles. The van der Waals surface area contributed by atoms with E-state index in [1.165, 1.54) is 12.1 Å². The molecule has 1 atom stereocenters. The molecule has 0 fully saturated rings. The van der Waals surface area contributed by atoms with Gasteiger partial charge in [0.2, 0.25) is 0 Å². The summed E-state index contributed by atoms with van der Waals surface area (Å²) in [5, 5.41) is 1.03. The predicted octanol–water partition coefficient (Wildman–Crippen LogP) is 3.89. The Hall–Kier alpha value is -1.33. The molecule has 0 aromatic heterocycles. The van der Waals surface area contributed by atoms with E-state index in [0.717, 1.165) is 5.56 Å². The number of hydrogen-bond donors (Lipinski definition) is 2. The average molecular weight is 329 g/mol. The van der Waals surface area contributed by atoms with Crippen LogP contribution in [0.3, 0.4) is 0 Å². The molecular weight excluding hydrogens is 314 g/mol. The first-order valence-corrected chi connectivity index (χ1v) is 7.04. The van der Waals surface area contributed by atoms with Gasteiger partial charge in [0.05, 0.1) is 13.2 Å². The molecule has 0 radical (unpaired) electrons. The van der Waals surface area contributed by atoms with Crippen molar-refractivity contribution in [1.29, 1.82) is 0 Å². The normalized spacial score (nSPS) is 12.2. The Balaban J connectivity index is 2.34. The van der Waals surface area contributed by atoms with Crippen molar-refractivity contribution in [2.24, 2.45) is 5.84 Å². The molecule has 0 aliphatic heterocycles. The zero-order valence-corrected chi connectivity index (χ0v) is 12.9. The van der Waals surface area contributed by atoms with Crippen LogP contribution in [0.2, 0.25) is 10.0 Å². The maximum Gasteiger partial charge on any atom is 0.126 e. The van der Waals surface area contributed by atoms with Gasteiger partial charge in [0, 0.05) is 15.6 Å². The van der Waals surface area contributed by atoms with Crippen LogP contribution >= 0.6 is 23.2 Å². The van der Waals surface area contributed by atoms with Gasteiger partial charge in [-0.25, -0.2) is 4.39 Å². The van der Waals surface area contributed by atoms with Crippen LogP contribution in [0.5, 0.6) is 5.75 Å². The minimum Gasteiger partial charge on any atom is -0.496 e. The van der Waals surface area contributed by atoms with Gasteiger partial charge in [0.15, 0.2) is 0 Å². The molecule has 0 aliphatic rings.